The Hall–Kier alpha value is -0.940. The van der Waals surface area contributed by atoms with E-state index in [1.807, 2.05) is 0 Å². The van der Waals surface area contributed by atoms with Crippen molar-refractivity contribution in [1.29, 1.82) is 0 Å². The van der Waals surface area contributed by atoms with Gasteiger partial charge in [-0.2, -0.15) is 0 Å². The summed E-state index contributed by atoms with van der Waals surface area (Å²) < 4.78 is 13.6. The van der Waals surface area contributed by atoms with E-state index in [1.165, 1.54) is 6.07 Å². The van der Waals surface area contributed by atoms with Gasteiger partial charge in [0, 0.05) is 13.6 Å². The van der Waals surface area contributed by atoms with Gasteiger partial charge in [-0.15, -0.1) is 0 Å². The lowest BCUT2D eigenvalue weighted by Crippen LogP contribution is -2.40. The van der Waals surface area contributed by atoms with Crippen molar-refractivity contribution in [1.82, 2.24) is 10.6 Å². The highest BCUT2D eigenvalue weighted by atomic mass is 79.9. The number of amides is 1. The lowest BCUT2D eigenvalue weighted by molar-refractivity contribution is -0.122. The second-order valence-electron chi connectivity index (χ2n) is 3.47. The van der Waals surface area contributed by atoms with Crippen LogP contribution in [-0.2, 0) is 11.3 Å². The largest absolute Gasteiger partial charge is 0.358 e. The van der Waals surface area contributed by atoms with Crippen molar-refractivity contribution >= 4 is 21.8 Å². The molecular weight excluding hydrogens is 275 g/mol. The summed E-state index contributed by atoms with van der Waals surface area (Å²) in [6, 6.07) is 4.60. The average Bonchev–Trinajstić information content (AvgIpc) is 2.29. The van der Waals surface area contributed by atoms with Crippen LogP contribution in [0.1, 0.15) is 12.5 Å². The maximum absolute atomic E-state index is 13.2. The van der Waals surface area contributed by atoms with Crippen molar-refractivity contribution in [2.24, 2.45) is 0 Å². The zero-order valence-corrected chi connectivity index (χ0v) is 10.8. The van der Waals surface area contributed by atoms with Crippen molar-refractivity contribution in [3.05, 3.63) is 34.1 Å². The molecule has 0 bridgehead atoms. The van der Waals surface area contributed by atoms with Crippen LogP contribution >= 0.6 is 15.9 Å². The first-order chi connectivity index (χ1) is 7.54. The molecule has 88 valence electrons. The quantitative estimate of drug-likeness (QED) is 0.887. The third-order valence-corrected chi connectivity index (χ3v) is 2.88. The minimum atomic E-state index is -0.299. The molecule has 0 radical (unpaired) electrons. The molecule has 16 heavy (non-hydrogen) atoms. The molecule has 0 aliphatic rings. The van der Waals surface area contributed by atoms with Gasteiger partial charge in [0.25, 0.3) is 0 Å². The third-order valence-electron chi connectivity index (χ3n) is 2.24. The van der Waals surface area contributed by atoms with Gasteiger partial charge in [0.05, 0.1) is 10.5 Å². The van der Waals surface area contributed by atoms with Crippen LogP contribution in [0.2, 0.25) is 0 Å². The van der Waals surface area contributed by atoms with Gasteiger partial charge in [-0.25, -0.2) is 4.39 Å². The monoisotopic (exact) mass is 288 g/mol. The zero-order valence-electron chi connectivity index (χ0n) is 9.18. The van der Waals surface area contributed by atoms with E-state index in [4.69, 9.17) is 0 Å². The minimum absolute atomic E-state index is 0.0856. The molecule has 1 unspecified atom stereocenters. The normalized spacial score (nSPS) is 12.2. The molecule has 5 heteroatoms. The van der Waals surface area contributed by atoms with Gasteiger partial charge in [0.15, 0.2) is 0 Å². The predicted octanol–water partition coefficient (Wildman–Crippen LogP) is 1.81. The summed E-state index contributed by atoms with van der Waals surface area (Å²) in [4.78, 5) is 11.2. The van der Waals surface area contributed by atoms with Gasteiger partial charge in [0.2, 0.25) is 5.91 Å². The molecule has 0 spiro atoms. The van der Waals surface area contributed by atoms with E-state index in [-0.39, 0.29) is 17.8 Å². The number of hydrogen-bond acceptors (Lipinski definition) is 2. The second kappa shape index (κ2) is 5.96. The summed E-state index contributed by atoms with van der Waals surface area (Å²) in [7, 11) is 1.58. The second-order valence-corrected chi connectivity index (χ2v) is 4.32. The van der Waals surface area contributed by atoms with Crippen molar-refractivity contribution in [2.45, 2.75) is 19.5 Å². The molecule has 0 aliphatic heterocycles. The fourth-order valence-electron chi connectivity index (χ4n) is 1.23. The highest BCUT2D eigenvalue weighted by Crippen LogP contribution is 2.16. The first kappa shape index (κ1) is 13.1. The Morgan fingerprint density at radius 1 is 1.56 bits per heavy atom. The van der Waals surface area contributed by atoms with E-state index >= 15 is 0 Å². The number of rotatable bonds is 4. The summed E-state index contributed by atoms with van der Waals surface area (Å²) >= 11 is 3.08. The smallest absolute Gasteiger partial charge is 0.236 e. The number of halogens is 2. The van der Waals surface area contributed by atoms with Crippen LogP contribution in [0.4, 0.5) is 4.39 Å². The number of carbonyl (C=O) groups excluding carboxylic acids is 1. The molecule has 1 rings (SSSR count). The predicted molar refractivity (Wildman–Crippen MR) is 64.5 cm³/mol. The molecule has 0 aromatic heterocycles. The van der Waals surface area contributed by atoms with Gasteiger partial charge in [-0.3, -0.25) is 4.79 Å². The van der Waals surface area contributed by atoms with Crippen LogP contribution in [-0.4, -0.2) is 19.0 Å². The van der Waals surface area contributed by atoms with E-state index in [0.29, 0.717) is 11.0 Å². The molecule has 1 atom stereocenters. The first-order valence-electron chi connectivity index (χ1n) is 4.93. The number of hydrogen-bond donors (Lipinski definition) is 2. The van der Waals surface area contributed by atoms with Crippen molar-refractivity contribution in [2.75, 3.05) is 7.05 Å². The van der Waals surface area contributed by atoms with E-state index in [0.717, 1.165) is 5.56 Å². The van der Waals surface area contributed by atoms with Crippen LogP contribution < -0.4 is 10.6 Å². The fourth-order valence-corrected chi connectivity index (χ4v) is 1.48. The number of carbonyl (C=O) groups is 1. The average molecular weight is 289 g/mol. The number of likely N-dealkylation sites (N-methyl/N-ethyl adjacent to an activating group) is 1. The summed E-state index contributed by atoms with van der Waals surface area (Å²) in [5.41, 5.74) is 0.802. The molecule has 0 saturated heterocycles. The Labute approximate surface area is 103 Å². The van der Waals surface area contributed by atoms with Crippen molar-refractivity contribution in [3.63, 3.8) is 0 Å². The maximum Gasteiger partial charge on any atom is 0.236 e. The Bertz CT molecular complexity index is 384. The van der Waals surface area contributed by atoms with E-state index in [1.54, 1.807) is 26.1 Å². The molecule has 2 N–H and O–H groups in total. The Morgan fingerprint density at radius 3 is 2.81 bits per heavy atom. The molecule has 0 aliphatic carbocycles. The van der Waals surface area contributed by atoms with E-state index < -0.39 is 0 Å². The maximum atomic E-state index is 13.2. The summed E-state index contributed by atoms with van der Waals surface area (Å²) in [6.07, 6.45) is 0. The number of benzene rings is 1. The van der Waals surface area contributed by atoms with Crippen LogP contribution in [0.5, 0.6) is 0 Å². The molecule has 0 fully saturated rings. The van der Waals surface area contributed by atoms with E-state index in [2.05, 4.69) is 26.6 Å². The van der Waals surface area contributed by atoms with Crippen LogP contribution in [0.25, 0.3) is 0 Å². The SMILES string of the molecule is CNC(=O)C(C)NCc1ccc(Br)c(F)c1. The minimum Gasteiger partial charge on any atom is -0.358 e. The molecule has 0 heterocycles. The highest BCUT2D eigenvalue weighted by Gasteiger charge is 2.09. The van der Waals surface area contributed by atoms with Crippen LogP contribution in [0.15, 0.2) is 22.7 Å². The number of nitrogens with one attached hydrogen (secondary N) is 2. The zero-order chi connectivity index (χ0) is 12.1. The van der Waals surface area contributed by atoms with Crippen molar-refractivity contribution in [3.8, 4) is 0 Å². The van der Waals surface area contributed by atoms with Gasteiger partial charge in [-0.05, 0) is 40.5 Å². The van der Waals surface area contributed by atoms with Gasteiger partial charge in [0.1, 0.15) is 5.82 Å². The van der Waals surface area contributed by atoms with Gasteiger partial charge < -0.3 is 10.6 Å². The lowest BCUT2D eigenvalue weighted by Gasteiger charge is -2.12. The Kier molecular flexibility index (Phi) is 4.89. The summed E-state index contributed by atoms with van der Waals surface area (Å²) in [5, 5.41) is 5.54. The molecule has 0 saturated carbocycles. The topological polar surface area (TPSA) is 41.1 Å². The molecule has 1 amide bonds. The lowest BCUT2D eigenvalue weighted by atomic mass is 10.2. The van der Waals surface area contributed by atoms with Gasteiger partial charge in [-0.1, -0.05) is 6.07 Å². The molecular formula is C11H14BrFN2O. The molecule has 1 aromatic rings. The van der Waals surface area contributed by atoms with Crippen LogP contribution in [0, 0.1) is 5.82 Å². The summed E-state index contributed by atoms with van der Waals surface area (Å²) in [5.74, 6) is -0.385. The first-order valence-corrected chi connectivity index (χ1v) is 5.72. The standard InChI is InChI=1S/C11H14BrFN2O/c1-7(11(16)14-2)15-6-8-3-4-9(12)10(13)5-8/h3-5,7,15H,6H2,1-2H3,(H,14,16). The van der Waals surface area contributed by atoms with Crippen molar-refractivity contribution < 1.29 is 9.18 Å². The highest BCUT2D eigenvalue weighted by molar-refractivity contribution is 9.10. The summed E-state index contributed by atoms with van der Waals surface area (Å²) in [6.45, 7) is 2.22. The Balaban J connectivity index is 2.55. The van der Waals surface area contributed by atoms with E-state index in [9.17, 15) is 9.18 Å². The molecule has 3 nitrogen and oxygen atoms in total. The Morgan fingerprint density at radius 2 is 2.25 bits per heavy atom. The fraction of sp³-hybridized carbons (Fsp3) is 0.364. The van der Waals surface area contributed by atoms with Gasteiger partial charge >= 0.3 is 0 Å². The molecule has 1 aromatic carbocycles. The van der Waals surface area contributed by atoms with Crippen LogP contribution in [0.3, 0.4) is 0 Å². The third kappa shape index (κ3) is 3.57.